The molecule has 0 saturated carbocycles. The molecule has 0 amide bonds. The van der Waals surface area contributed by atoms with Crippen molar-refractivity contribution in [2.45, 2.75) is 18.6 Å². The van der Waals surface area contributed by atoms with Crippen LogP contribution in [0.25, 0.3) is 0 Å². The summed E-state index contributed by atoms with van der Waals surface area (Å²) in [6.45, 7) is 4.40. The van der Waals surface area contributed by atoms with Gasteiger partial charge in [-0.1, -0.05) is 13.0 Å². The number of nitrogens with zero attached hydrogens (tertiary/aromatic N) is 1. The van der Waals surface area contributed by atoms with Gasteiger partial charge in [-0.15, -0.1) is 0 Å². The number of para-hydroxylation sites is 1. The third-order valence-corrected chi connectivity index (χ3v) is 4.57. The summed E-state index contributed by atoms with van der Waals surface area (Å²) in [6, 6.07) is 6.00. The van der Waals surface area contributed by atoms with Gasteiger partial charge in [0.1, 0.15) is 5.75 Å². The van der Waals surface area contributed by atoms with Gasteiger partial charge in [0.15, 0.2) is 0 Å². The van der Waals surface area contributed by atoms with Gasteiger partial charge in [0, 0.05) is 24.1 Å². The van der Waals surface area contributed by atoms with Crippen molar-refractivity contribution in [1.29, 1.82) is 0 Å². The molecule has 1 aliphatic heterocycles. The highest BCUT2D eigenvalue weighted by molar-refractivity contribution is 8.00. The first-order chi connectivity index (χ1) is 8.26. The van der Waals surface area contributed by atoms with E-state index in [-0.39, 0.29) is 0 Å². The fourth-order valence-electron chi connectivity index (χ4n) is 2.17. The van der Waals surface area contributed by atoms with Crippen LogP contribution in [0.1, 0.15) is 13.3 Å². The fourth-order valence-corrected chi connectivity index (χ4v) is 3.35. The number of methoxy groups -OCH3 is 1. The van der Waals surface area contributed by atoms with E-state index < -0.39 is 0 Å². The lowest BCUT2D eigenvalue weighted by atomic mass is 10.2. The summed E-state index contributed by atoms with van der Waals surface area (Å²) >= 11 is 2.06. The summed E-state index contributed by atoms with van der Waals surface area (Å²) in [5.74, 6) is 1.95. The minimum Gasteiger partial charge on any atom is -0.495 e. The molecule has 94 valence electrons. The predicted molar refractivity (Wildman–Crippen MR) is 76.2 cm³/mol. The number of rotatable bonds is 3. The Bertz CT molecular complexity index is 384. The zero-order valence-electron chi connectivity index (χ0n) is 10.5. The highest BCUT2D eigenvalue weighted by Crippen LogP contribution is 2.34. The van der Waals surface area contributed by atoms with Crippen LogP contribution in [-0.4, -0.2) is 31.2 Å². The smallest absolute Gasteiger partial charge is 0.143 e. The van der Waals surface area contributed by atoms with Crippen LogP contribution in [0.5, 0.6) is 5.75 Å². The van der Waals surface area contributed by atoms with E-state index in [9.17, 15) is 0 Å². The Labute approximate surface area is 107 Å². The van der Waals surface area contributed by atoms with Crippen LogP contribution >= 0.6 is 11.8 Å². The molecule has 0 radical (unpaired) electrons. The first-order valence-corrected chi connectivity index (χ1v) is 7.10. The molecule has 0 bridgehead atoms. The zero-order valence-corrected chi connectivity index (χ0v) is 11.3. The normalized spacial score (nSPS) is 20.4. The molecule has 1 atom stereocenters. The minimum atomic E-state index is 0.717. The van der Waals surface area contributed by atoms with Crippen molar-refractivity contribution in [2.24, 2.45) is 0 Å². The molecular weight excluding hydrogens is 232 g/mol. The van der Waals surface area contributed by atoms with Crippen LogP contribution < -0.4 is 15.4 Å². The van der Waals surface area contributed by atoms with Crippen molar-refractivity contribution < 1.29 is 4.74 Å². The lowest BCUT2D eigenvalue weighted by Crippen LogP contribution is -2.38. The maximum absolute atomic E-state index is 6.14. The van der Waals surface area contributed by atoms with E-state index >= 15 is 0 Å². The minimum absolute atomic E-state index is 0.717. The standard InChI is InChI=1S/C13H20N2OS/c1-3-10-9-15(7-8-17-10)11-5-4-6-12(16-2)13(11)14/h4-6,10H,3,7-9,14H2,1-2H3. The Morgan fingerprint density at radius 2 is 2.35 bits per heavy atom. The SMILES string of the molecule is CCC1CN(c2cccc(OC)c2N)CCS1. The second-order valence-corrected chi connectivity index (χ2v) is 5.65. The molecule has 17 heavy (non-hydrogen) atoms. The van der Waals surface area contributed by atoms with E-state index in [1.165, 1.54) is 12.2 Å². The Hall–Kier alpha value is -1.03. The molecule has 1 fully saturated rings. The Morgan fingerprint density at radius 1 is 1.53 bits per heavy atom. The van der Waals surface area contributed by atoms with Crippen LogP contribution in [0.15, 0.2) is 18.2 Å². The first kappa shape index (κ1) is 12.4. The van der Waals surface area contributed by atoms with E-state index in [1.54, 1.807) is 7.11 Å². The molecule has 4 heteroatoms. The van der Waals surface area contributed by atoms with Crippen LogP contribution in [0.4, 0.5) is 11.4 Å². The van der Waals surface area contributed by atoms with Crippen molar-refractivity contribution in [3.8, 4) is 5.75 Å². The molecule has 3 nitrogen and oxygen atoms in total. The van der Waals surface area contributed by atoms with E-state index in [0.29, 0.717) is 5.25 Å². The highest BCUT2D eigenvalue weighted by atomic mass is 32.2. The van der Waals surface area contributed by atoms with Crippen molar-refractivity contribution >= 4 is 23.1 Å². The maximum Gasteiger partial charge on any atom is 0.143 e. The lowest BCUT2D eigenvalue weighted by molar-refractivity contribution is 0.417. The predicted octanol–water partition coefficient (Wildman–Crippen LogP) is 2.61. The van der Waals surface area contributed by atoms with Crippen LogP contribution in [-0.2, 0) is 0 Å². The van der Waals surface area contributed by atoms with Gasteiger partial charge in [0.05, 0.1) is 18.5 Å². The van der Waals surface area contributed by atoms with Gasteiger partial charge < -0.3 is 15.4 Å². The number of nitrogens with two attached hydrogens (primary N) is 1. The Balaban J connectivity index is 2.21. The van der Waals surface area contributed by atoms with Gasteiger partial charge in [0.25, 0.3) is 0 Å². The fraction of sp³-hybridized carbons (Fsp3) is 0.538. The summed E-state index contributed by atoms with van der Waals surface area (Å²) in [5.41, 5.74) is 8.01. The van der Waals surface area contributed by atoms with Crippen molar-refractivity contribution in [3.05, 3.63) is 18.2 Å². The topological polar surface area (TPSA) is 38.5 Å². The molecule has 1 aromatic rings. The van der Waals surface area contributed by atoms with E-state index in [2.05, 4.69) is 29.7 Å². The third-order valence-electron chi connectivity index (χ3n) is 3.20. The number of thioether (sulfide) groups is 1. The van der Waals surface area contributed by atoms with E-state index in [1.807, 2.05) is 12.1 Å². The Morgan fingerprint density at radius 3 is 3.06 bits per heavy atom. The van der Waals surface area contributed by atoms with Crippen LogP contribution in [0.2, 0.25) is 0 Å². The first-order valence-electron chi connectivity index (χ1n) is 6.05. The largest absolute Gasteiger partial charge is 0.495 e. The number of hydrogen-bond acceptors (Lipinski definition) is 4. The molecule has 1 heterocycles. The lowest BCUT2D eigenvalue weighted by Gasteiger charge is -2.34. The number of benzene rings is 1. The summed E-state index contributed by atoms with van der Waals surface area (Å²) in [4.78, 5) is 2.38. The van der Waals surface area contributed by atoms with Gasteiger partial charge in [0.2, 0.25) is 0 Å². The number of anilines is 2. The highest BCUT2D eigenvalue weighted by Gasteiger charge is 2.21. The molecule has 2 N–H and O–H groups in total. The number of hydrogen-bond donors (Lipinski definition) is 1. The second kappa shape index (κ2) is 5.54. The summed E-state index contributed by atoms with van der Waals surface area (Å²) in [7, 11) is 1.66. The molecular formula is C13H20N2OS. The van der Waals surface area contributed by atoms with Crippen LogP contribution in [0, 0.1) is 0 Å². The third kappa shape index (κ3) is 2.63. The quantitative estimate of drug-likeness (QED) is 0.839. The van der Waals surface area contributed by atoms with Crippen LogP contribution in [0.3, 0.4) is 0 Å². The molecule has 0 spiro atoms. The Kier molecular flexibility index (Phi) is 4.05. The molecule has 0 aromatic heterocycles. The van der Waals surface area contributed by atoms with Gasteiger partial charge in [-0.2, -0.15) is 11.8 Å². The number of ether oxygens (including phenoxy) is 1. The maximum atomic E-state index is 6.14. The van der Waals surface area contributed by atoms with Crippen molar-refractivity contribution in [3.63, 3.8) is 0 Å². The van der Waals surface area contributed by atoms with Crippen molar-refractivity contribution in [2.75, 3.05) is 36.6 Å². The molecule has 1 aliphatic rings. The average molecular weight is 252 g/mol. The molecule has 1 saturated heterocycles. The van der Waals surface area contributed by atoms with Gasteiger partial charge in [-0.25, -0.2) is 0 Å². The van der Waals surface area contributed by atoms with Gasteiger partial charge >= 0.3 is 0 Å². The molecule has 2 rings (SSSR count). The van der Waals surface area contributed by atoms with Gasteiger partial charge in [-0.05, 0) is 18.6 Å². The summed E-state index contributed by atoms with van der Waals surface area (Å²) in [5, 5.41) is 0.717. The van der Waals surface area contributed by atoms with Gasteiger partial charge in [-0.3, -0.25) is 0 Å². The summed E-state index contributed by atoms with van der Waals surface area (Å²) < 4.78 is 5.27. The van der Waals surface area contributed by atoms with Crippen molar-refractivity contribution in [1.82, 2.24) is 0 Å². The van der Waals surface area contributed by atoms with E-state index in [0.717, 1.165) is 30.2 Å². The zero-order chi connectivity index (χ0) is 12.3. The number of nitrogen functional groups attached to an aromatic ring is 1. The monoisotopic (exact) mass is 252 g/mol. The average Bonchev–Trinajstić information content (AvgIpc) is 2.39. The van der Waals surface area contributed by atoms with E-state index in [4.69, 9.17) is 10.5 Å². The molecule has 1 unspecified atom stereocenters. The summed E-state index contributed by atoms with van der Waals surface area (Å²) in [6.07, 6.45) is 1.21. The second-order valence-electron chi connectivity index (χ2n) is 4.24. The molecule has 0 aliphatic carbocycles. The molecule has 1 aromatic carbocycles.